The monoisotopic (exact) mass is 451 g/mol. The lowest BCUT2D eigenvalue weighted by Gasteiger charge is -2.28. The first-order valence-electron chi connectivity index (χ1n) is 9.01. The second-order valence-corrected chi connectivity index (χ2v) is 9.09. The molecule has 0 N–H and O–H groups in total. The Morgan fingerprint density at radius 1 is 1.07 bits per heavy atom. The summed E-state index contributed by atoms with van der Waals surface area (Å²) in [5.41, 5.74) is 1.57. The summed E-state index contributed by atoms with van der Waals surface area (Å²) in [6.07, 6.45) is 1.50. The Labute approximate surface area is 180 Å². The highest BCUT2D eigenvalue weighted by atomic mass is 35.5. The van der Waals surface area contributed by atoms with Crippen LogP contribution in [0.15, 0.2) is 41.8 Å². The molecular weight excluding hydrogens is 430 g/mol. The number of hydrogen-bond donors (Lipinski definition) is 0. The molecule has 1 amide bonds. The number of anilines is 1. The summed E-state index contributed by atoms with van der Waals surface area (Å²) in [6.45, 7) is 1.84. The number of carbonyl (C=O) groups excluding carboxylic acids is 1. The van der Waals surface area contributed by atoms with Crippen LogP contribution in [0.5, 0.6) is 17.2 Å². The van der Waals surface area contributed by atoms with E-state index in [1.54, 1.807) is 18.2 Å². The largest absolute Gasteiger partial charge is 0.493 e. The second-order valence-electron chi connectivity index (χ2n) is 6.75. The third-order valence-corrected chi connectivity index (χ3v) is 6.59. The van der Waals surface area contributed by atoms with Crippen LogP contribution < -0.4 is 19.1 Å². The van der Waals surface area contributed by atoms with Crippen molar-refractivity contribution in [3.05, 3.63) is 58.0 Å². The highest BCUT2D eigenvalue weighted by Crippen LogP contribution is 2.39. The minimum Gasteiger partial charge on any atom is -0.493 e. The van der Waals surface area contributed by atoms with E-state index in [0.717, 1.165) is 11.0 Å². The molecule has 160 valence electrons. The van der Waals surface area contributed by atoms with Crippen molar-refractivity contribution in [2.75, 3.05) is 32.0 Å². The van der Waals surface area contributed by atoms with Crippen LogP contribution in [0.4, 0.5) is 5.69 Å². The number of halogens is 1. The number of benzene rings is 2. The zero-order valence-corrected chi connectivity index (χ0v) is 18.6. The van der Waals surface area contributed by atoms with Gasteiger partial charge in [0.15, 0.2) is 21.3 Å². The zero-order chi connectivity index (χ0) is 22.1. The van der Waals surface area contributed by atoms with Crippen molar-refractivity contribution in [3.8, 4) is 17.2 Å². The van der Waals surface area contributed by atoms with Crippen molar-refractivity contribution < 1.29 is 27.4 Å². The smallest absolute Gasteiger partial charge is 0.259 e. The molecule has 0 aliphatic carbocycles. The number of sulfone groups is 1. The van der Waals surface area contributed by atoms with Gasteiger partial charge in [0.1, 0.15) is 0 Å². The summed E-state index contributed by atoms with van der Waals surface area (Å²) >= 11 is 6.28. The molecular formula is C21H22ClNO6S. The van der Waals surface area contributed by atoms with Gasteiger partial charge in [0, 0.05) is 21.7 Å². The van der Waals surface area contributed by atoms with Gasteiger partial charge in [-0.25, -0.2) is 8.42 Å². The van der Waals surface area contributed by atoms with Crippen LogP contribution in [0.25, 0.3) is 0 Å². The van der Waals surface area contributed by atoms with Crippen molar-refractivity contribution in [2.24, 2.45) is 0 Å². The van der Waals surface area contributed by atoms with Crippen molar-refractivity contribution in [3.63, 3.8) is 0 Å². The van der Waals surface area contributed by atoms with Crippen molar-refractivity contribution in [1.82, 2.24) is 0 Å². The maximum atomic E-state index is 13.6. The minimum atomic E-state index is -3.40. The molecule has 1 heterocycles. The third-order valence-electron chi connectivity index (χ3n) is 4.81. The van der Waals surface area contributed by atoms with Gasteiger partial charge in [-0.1, -0.05) is 17.7 Å². The fourth-order valence-corrected chi connectivity index (χ4v) is 4.70. The first-order chi connectivity index (χ1) is 14.2. The number of rotatable bonds is 6. The van der Waals surface area contributed by atoms with Gasteiger partial charge in [-0.3, -0.25) is 4.79 Å². The molecule has 9 heteroatoms. The van der Waals surface area contributed by atoms with Crippen LogP contribution in [-0.2, 0) is 9.84 Å². The molecule has 1 aliphatic heterocycles. The van der Waals surface area contributed by atoms with Crippen LogP contribution in [0, 0.1) is 6.92 Å². The van der Waals surface area contributed by atoms with Crippen LogP contribution in [0.3, 0.4) is 0 Å². The van der Waals surface area contributed by atoms with E-state index in [-0.39, 0.29) is 11.3 Å². The predicted molar refractivity (Wildman–Crippen MR) is 116 cm³/mol. The van der Waals surface area contributed by atoms with E-state index < -0.39 is 21.8 Å². The number of methoxy groups -OCH3 is 3. The molecule has 0 saturated heterocycles. The lowest BCUT2D eigenvalue weighted by atomic mass is 10.1. The molecule has 3 rings (SSSR count). The summed E-state index contributed by atoms with van der Waals surface area (Å²) in [5, 5.41) is 1.60. The number of amides is 1. The molecule has 7 nitrogen and oxygen atoms in total. The first kappa shape index (κ1) is 22.0. The van der Waals surface area contributed by atoms with Gasteiger partial charge in [-0.2, -0.15) is 0 Å². The van der Waals surface area contributed by atoms with Crippen LogP contribution in [-0.4, -0.2) is 47.4 Å². The summed E-state index contributed by atoms with van der Waals surface area (Å²) in [7, 11) is 0.981. The van der Waals surface area contributed by atoms with Gasteiger partial charge >= 0.3 is 0 Å². The molecule has 2 aromatic carbocycles. The SMILES string of the molecule is COc1cc(C(=O)N(c2ccc(C)c(Cl)c2)C2C=CS(=O)(=O)C2)cc(OC)c1OC. The van der Waals surface area contributed by atoms with Gasteiger partial charge in [0.25, 0.3) is 5.91 Å². The molecule has 1 aliphatic rings. The molecule has 0 saturated carbocycles. The van der Waals surface area contributed by atoms with Gasteiger partial charge < -0.3 is 19.1 Å². The normalized spacial score (nSPS) is 16.9. The predicted octanol–water partition coefficient (Wildman–Crippen LogP) is 3.63. The Bertz CT molecular complexity index is 1090. The maximum absolute atomic E-state index is 13.6. The number of hydrogen-bond acceptors (Lipinski definition) is 6. The highest BCUT2D eigenvalue weighted by molar-refractivity contribution is 7.94. The Morgan fingerprint density at radius 2 is 1.70 bits per heavy atom. The fourth-order valence-electron chi connectivity index (χ4n) is 3.25. The number of aryl methyl sites for hydroxylation is 1. The van der Waals surface area contributed by atoms with Crippen LogP contribution >= 0.6 is 11.6 Å². The Balaban J connectivity index is 2.13. The average molecular weight is 452 g/mol. The minimum absolute atomic E-state index is 0.214. The summed E-state index contributed by atoms with van der Waals surface area (Å²) in [6, 6.07) is 7.53. The molecule has 0 spiro atoms. The van der Waals surface area contributed by atoms with E-state index in [0.29, 0.717) is 28.0 Å². The number of ether oxygens (including phenoxy) is 3. The van der Waals surface area contributed by atoms with E-state index in [9.17, 15) is 13.2 Å². The Kier molecular flexibility index (Phi) is 6.28. The van der Waals surface area contributed by atoms with Crippen molar-refractivity contribution in [2.45, 2.75) is 13.0 Å². The summed E-state index contributed by atoms with van der Waals surface area (Å²) in [5.74, 6) is 0.341. The highest BCUT2D eigenvalue weighted by Gasteiger charge is 2.33. The lowest BCUT2D eigenvalue weighted by molar-refractivity contribution is 0.0982. The average Bonchev–Trinajstić information content (AvgIpc) is 3.08. The molecule has 0 fully saturated rings. The first-order valence-corrected chi connectivity index (χ1v) is 11.1. The Hall–Kier alpha value is -2.71. The van der Waals surface area contributed by atoms with Crippen LogP contribution in [0.2, 0.25) is 5.02 Å². The second kappa shape index (κ2) is 8.57. The van der Waals surface area contributed by atoms with Crippen LogP contribution in [0.1, 0.15) is 15.9 Å². The maximum Gasteiger partial charge on any atom is 0.259 e. The molecule has 30 heavy (non-hydrogen) atoms. The standard InChI is InChI=1S/C21H22ClNO6S/c1-13-5-6-15(11-17(13)22)23(16-7-8-30(25,26)12-16)21(24)14-9-18(27-2)20(29-4)19(10-14)28-3/h5-11,16H,12H2,1-4H3. The van der Waals surface area contributed by atoms with Crippen molar-refractivity contribution in [1.29, 1.82) is 0 Å². The molecule has 1 atom stereocenters. The molecule has 0 bridgehead atoms. The van der Waals surface area contributed by atoms with E-state index in [4.69, 9.17) is 25.8 Å². The van der Waals surface area contributed by atoms with Gasteiger partial charge in [0.05, 0.1) is 33.1 Å². The van der Waals surface area contributed by atoms with E-state index in [1.165, 1.54) is 44.4 Å². The van der Waals surface area contributed by atoms with Gasteiger partial charge in [-0.15, -0.1) is 0 Å². The number of nitrogens with zero attached hydrogens (tertiary/aromatic N) is 1. The number of carbonyl (C=O) groups is 1. The van der Waals surface area contributed by atoms with E-state index >= 15 is 0 Å². The summed E-state index contributed by atoms with van der Waals surface area (Å²) in [4.78, 5) is 15.0. The third kappa shape index (κ3) is 4.24. The van der Waals surface area contributed by atoms with Crippen molar-refractivity contribution >= 4 is 33.0 Å². The Morgan fingerprint density at radius 3 is 2.17 bits per heavy atom. The van der Waals surface area contributed by atoms with Gasteiger partial charge in [0.2, 0.25) is 5.75 Å². The van der Waals surface area contributed by atoms with E-state index in [1.807, 2.05) is 6.92 Å². The molecule has 2 aromatic rings. The fraction of sp³-hybridized carbons (Fsp3) is 0.286. The van der Waals surface area contributed by atoms with Gasteiger partial charge in [-0.05, 0) is 42.8 Å². The lowest BCUT2D eigenvalue weighted by Crippen LogP contribution is -2.41. The zero-order valence-electron chi connectivity index (χ0n) is 17.0. The van der Waals surface area contributed by atoms with E-state index in [2.05, 4.69) is 0 Å². The summed E-state index contributed by atoms with van der Waals surface area (Å²) < 4.78 is 40.1. The molecule has 0 radical (unpaired) electrons. The quantitative estimate of drug-likeness (QED) is 0.667. The molecule has 0 aromatic heterocycles. The topological polar surface area (TPSA) is 82.1 Å². The molecule has 1 unspecified atom stereocenters.